The number of nitrogens with zero attached hydrogens (tertiary/aromatic N) is 1. The monoisotopic (exact) mass is 419 g/mol. The number of hydrogen-bond donors (Lipinski definition) is 2. The molecule has 3 rings (SSSR count). The zero-order valence-corrected chi connectivity index (χ0v) is 17.1. The van der Waals surface area contributed by atoms with Crippen LogP contribution in [0.5, 0.6) is 5.75 Å². The fourth-order valence-corrected chi connectivity index (χ4v) is 4.55. The van der Waals surface area contributed by atoms with Gasteiger partial charge in [-0.15, -0.1) is 0 Å². The third kappa shape index (κ3) is 5.38. The van der Waals surface area contributed by atoms with Gasteiger partial charge in [-0.05, 0) is 49.2 Å². The summed E-state index contributed by atoms with van der Waals surface area (Å²) in [4.78, 5) is 10.9. The Morgan fingerprint density at radius 1 is 1.03 bits per heavy atom. The van der Waals surface area contributed by atoms with Crippen LogP contribution in [0.4, 0.5) is 17.1 Å². The molecule has 9 heteroatoms. The quantitative estimate of drug-likeness (QED) is 0.387. The molecule has 0 atom stereocenters. The summed E-state index contributed by atoms with van der Waals surface area (Å²) in [6.45, 7) is 0. The number of sulfonamides is 1. The molecule has 1 aliphatic carbocycles. The van der Waals surface area contributed by atoms with Crippen LogP contribution in [-0.4, -0.2) is 26.5 Å². The zero-order valence-electron chi connectivity index (χ0n) is 16.3. The van der Waals surface area contributed by atoms with Crippen LogP contribution in [0, 0.1) is 10.1 Å². The number of anilines is 2. The minimum atomic E-state index is -3.97. The first-order valence-corrected chi connectivity index (χ1v) is 11.1. The molecule has 0 bridgehead atoms. The van der Waals surface area contributed by atoms with Crippen LogP contribution < -0.4 is 14.8 Å². The second kappa shape index (κ2) is 9.13. The highest BCUT2D eigenvalue weighted by atomic mass is 32.2. The maximum absolute atomic E-state index is 12.7. The normalized spacial score (nSPS) is 15.3. The van der Waals surface area contributed by atoms with Crippen molar-refractivity contribution >= 4 is 27.1 Å². The van der Waals surface area contributed by atoms with Crippen LogP contribution in [0.1, 0.15) is 38.5 Å². The summed E-state index contributed by atoms with van der Waals surface area (Å²) < 4.78 is 32.9. The molecule has 2 N–H and O–H groups in total. The van der Waals surface area contributed by atoms with Crippen LogP contribution in [0.25, 0.3) is 0 Å². The molecule has 2 aromatic rings. The molecular formula is C20H25N3O5S. The Hall–Kier alpha value is -2.81. The highest BCUT2D eigenvalue weighted by molar-refractivity contribution is 7.92. The number of nitro groups is 1. The summed E-state index contributed by atoms with van der Waals surface area (Å²) in [6, 6.07) is 10.5. The average molecular weight is 420 g/mol. The van der Waals surface area contributed by atoms with E-state index in [0.29, 0.717) is 17.1 Å². The lowest BCUT2D eigenvalue weighted by molar-refractivity contribution is -0.384. The molecule has 0 radical (unpaired) electrons. The molecule has 0 unspecified atom stereocenters. The lowest BCUT2D eigenvalue weighted by atomic mass is 10.1. The Balaban J connectivity index is 1.83. The average Bonchev–Trinajstić information content (AvgIpc) is 2.97. The summed E-state index contributed by atoms with van der Waals surface area (Å²) in [5, 5.41) is 14.8. The first-order valence-electron chi connectivity index (χ1n) is 9.61. The summed E-state index contributed by atoms with van der Waals surface area (Å²) >= 11 is 0. The van der Waals surface area contributed by atoms with Crippen molar-refractivity contribution in [1.29, 1.82) is 0 Å². The second-order valence-electron chi connectivity index (χ2n) is 7.10. The van der Waals surface area contributed by atoms with Crippen LogP contribution >= 0.6 is 0 Å². The van der Waals surface area contributed by atoms with E-state index in [1.54, 1.807) is 24.3 Å². The van der Waals surface area contributed by atoms with Gasteiger partial charge in [-0.25, -0.2) is 8.42 Å². The number of hydrogen-bond acceptors (Lipinski definition) is 6. The van der Waals surface area contributed by atoms with Gasteiger partial charge in [-0.3, -0.25) is 14.8 Å². The fraction of sp³-hybridized carbons (Fsp3) is 0.400. The van der Waals surface area contributed by atoms with Crippen molar-refractivity contribution in [2.75, 3.05) is 17.1 Å². The molecule has 1 saturated carbocycles. The number of ether oxygens (including phenoxy) is 1. The van der Waals surface area contributed by atoms with E-state index in [0.717, 1.165) is 31.7 Å². The van der Waals surface area contributed by atoms with Crippen molar-refractivity contribution in [1.82, 2.24) is 0 Å². The van der Waals surface area contributed by atoms with E-state index < -0.39 is 14.9 Å². The van der Waals surface area contributed by atoms with Gasteiger partial charge in [0, 0.05) is 17.8 Å². The highest BCUT2D eigenvalue weighted by Crippen LogP contribution is 2.31. The molecule has 1 aliphatic rings. The van der Waals surface area contributed by atoms with Crippen LogP contribution in [0.15, 0.2) is 47.4 Å². The van der Waals surface area contributed by atoms with Crippen LogP contribution in [0.2, 0.25) is 0 Å². The first-order chi connectivity index (χ1) is 13.9. The molecule has 1 fully saturated rings. The largest absolute Gasteiger partial charge is 0.497 e. The van der Waals surface area contributed by atoms with Gasteiger partial charge in [0.15, 0.2) is 0 Å². The van der Waals surface area contributed by atoms with Crippen LogP contribution in [0.3, 0.4) is 0 Å². The maximum Gasteiger partial charge on any atom is 0.293 e. The van der Waals surface area contributed by atoms with Gasteiger partial charge in [0.25, 0.3) is 15.7 Å². The van der Waals surface area contributed by atoms with Crippen molar-refractivity contribution in [3.63, 3.8) is 0 Å². The van der Waals surface area contributed by atoms with Crippen molar-refractivity contribution in [2.24, 2.45) is 0 Å². The lowest BCUT2D eigenvalue weighted by Gasteiger charge is -2.18. The summed E-state index contributed by atoms with van der Waals surface area (Å²) in [5.74, 6) is 0.595. The number of rotatable bonds is 7. The Labute approximate surface area is 170 Å². The molecule has 0 saturated heterocycles. The summed E-state index contributed by atoms with van der Waals surface area (Å²) in [7, 11) is -2.45. The molecular weight excluding hydrogens is 394 g/mol. The smallest absolute Gasteiger partial charge is 0.293 e. The summed E-state index contributed by atoms with van der Waals surface area (Å²) in [5.41, 5.74) is 0.450. The molecule has 0 aromatic heterocycles. The van der Waals surface area contributed by atoms with E-state index in [9.17, 15) is 18.5 Å². The predicted molar refractivity (Wildman–Crippen MR) is 112 cm³/mol. The van der Waals surface area contributed by atoms with Gasteiger partial charge in [0.05, 0.1) is 16.9 Å². The Bertz CT molecular complexity index is 953. The Kier molecular flexibility index (Phi) is 6.58. The molecule has 0 heterocycles. The van der Waals surface area contributed by atoms with E-state index in [4.69, 9.17) is 4.74 Å². The molecule has 0 spiro atoms. The number of methoxy groups -OCH3 is 1. The molecule has 8 nitrogen and oxygen atoms in total. The number of benzene rings is 2. The number of nitro benzene ring substituents is 1. The zero-order chi connectivity index (χ0) is 20.9. The maximum atomic E-state index is 12.7. The predicted octanol–water partition coefficient (Wildman–Crippen LogP) is 4.54. The minimum absolute atomic E-state index is 0.161. The second-order valence-corrected chi connectivity index (χ2v) is 8.79. The molecule has 29 heavy (non-hydrogen) atoms. The van der Waals surface area contributed by atoms with E-state index in [1.807, 2.05) is 0 Å². The molecule has 2 aromatic carbocycles. The van der Waals surface area contributed by atoms with Gasteiger partial charge in [0.2, 0.25) is 0 Å². The van der Waals surface area contributed by atoms with Gasteiger partial charge in [-0.1, -0.05) is 25.7 Å². The first kappa shape index (κ1) is 20.9. The van der Waals surface area contributed by atoms with Gasteiger partial charge < -0.3 is 10.1 Å². The minimum Gasteiger partial charge on any atom is -0.497 e. The number of nitrogens with one attached hydrogen (secondary N) is 2. The van der Waals surface area contributed by atoms with E-state index >= 15 is 0 Å². The van der Waals surface area contributed by atoms with Crippen molar-refractivity contribution in [3.05, 3.63) is 52.6 Å². The van der Waals surface area contributed by atoms with Crippen molar-refractivity contribution in [3.8, 4) is 5.75 Å². The van der Waals surface area contributed by atoms with Gasteiger partial charge in [0.1, 0.15) is 11.4 Å². The fourth-order valence-electron chi connectivity index (χ4n) is 3.47. The van der Waals surface area contributed by atoms with Crippen LogP contribution in [-0.2, 0) is 10.0 Å². The SMILES string of the molecule is COc1ccc(NS(=O)(=O)c2ccc(NC3CCCCCC3)c([N+](=O)[O-])c2)cc1. The van der Waals surface area contributed by atoms with Gasteiger partial charge >= 0.3 is 0 Å². The lowest BCUT2D eigenvalue weighted by Crippen LogP contribution is -2.19. The Morgan fingerprint density at radius 2 is 1.69 bits per heavy atom. The van der Waals surface area contributed by atoms with Gasteiger partial charge in [-0.2, -0.15) is 0 Å². The van der Waals surface area contributed by atoms with Crippen molar-refractivity contribution in [2.45, 2.75) is 49.5 Å². The Morgan fingerprint density at radius 3 is 2.28 bits per heavy atom. The standard InChI is InChI=1S/C20H25N3O5S/c1-28-17-10-8-16(9-11-17)22-29(26,27)18-12-13-19(20(14-18)23(24)25)21-15-6-4-2-3-5-7-15/h8-15,21-22H,2-7H2,1H3. The van der Waals surface area contributed by atoms with Crippen molar-refractivity contribution < 1.29 is 18.1 Å². The molecule has 0 amide bonds. The molecule has 156 valence electrons. The van der Waals surface area contributed by atoms with E-state index in [1.165, 1.54) is 32.1 Å². The highest BCUT2D eigenvalue weighted by Gasteiger charge is 2.23. The van der Waals surface area contributed by atoms with E-state index in [-0.39, 0.29) is 16.6 Å². The van der Waals surface area contributed by atoms with E-state index in [2.05, 4.69) is 10.0 Å². The topological polar surface area (TPSA) is 111 Å². The summed E-state index contributed by atoms with van der Waals surface area (Å²) in [6.07, 6.45) is 6.43. The third-order valence-corrected chi connectivity index (χ3v) is 6.41. The third-order valence-electron chi connectivity index (χ3n) is 5.03. The molecule has 0 aliphatic heterocycles.